The van der Waals surface area contributed by atoms with Gasteiger partial charge in [0.2, 0.25) is 0 Å². The molecule has 2 N–H and O–H groups in total. The Hall–Kier alpha value is -0.340. The summed E-state index contributed by atoms with van der Waals surface area (Å²) in [4.78, 5) is 0. The fraction of sp³-hybridized carbons (Fsp3) is 0.833. The van der Waals surface area contributed by atoms with Gasteiger partial charge in [-0.15, -0.1) is 0 Å². The van der Waals surface area contributed by atoms with E-state index in [9.17, 15) is 10.2 Å². The number of fused-ring (bicyclic) bond motifs is 1. The van der Waals surface area contributed by atoms with Gasteiger partial charge >= 0.3 is 0 Å². The molecular formula is C12H20O2. The zero-order valence-electron chi connectivity index (χ0n) is 8.87. The SMILES string of the molecule is C=C1CCC2C(CO)C(O)CCC12C. The molecule has 14 heavy (non-hydrogen) atoms. The molecule has 4 atom stereocenters. The largest absolute Gasteiger partial charge is 0.396 e. The predicted octanol–water partition coefficient (Wildman–Crippen LogP) is 1.72. The minimum Gasteiger partial charge on any atom is -0.396 e. The van der Waals surface area contributed by atoms with Crippen LogP contribution in [0.25, 0.3) is 0 Å². The van der Waals surface area contributed by atoms with Crippen molar-refractivity contribution < 1.29 is 10.2 Å². The maximum atomic E-state index is 9.83. The summed E-state index contributed by atoms with van der Waals surface area (Å²) >= 11 is 0. The average molecular weight is 196 g/mol. The molecule has 2 fully saturated rings. The summed E-state index contributed by atoms with van der Waals surface area (Å²) in [6.07, 6.45) is 3.72. The maximum Gasteiger partial charge on any atom is 0.0593 e. The highest BCUT2D eigenvalue weighted by molar-refractivity contribution is 5.19. The fourth-order valence-corrected chi connectivity index (χ4v) is 3.42. The van der Waals surface area contributed by atoms with Crippen molar-refractivity contribution in [2.75, 3.05) is 6.61 Å². The van der Waals surface area contributed by atoms with E-state index in [-0.39, 0.29) is 24.0 Å². The van der Waals surface area contributed by atoms with Crippen LogP contribution in [0.4, 0.5) is 0 Å². The highest BCUT2D eigenvalue weighted by Gasteiger charge is 2.50. The molecule has 2 rings (SSSR count). The molecular weight excluding hydrogens is 176 g/mol. The lowest BCUT2D eigenvalue weighted by molar-refractivity contribution is -0.0390. The van der Waals surface area contributed by atoms with E-state index in [1.807, 2.05) is 0 Å². The fourth-order valence-electron chi connectivity index (χ4n) is 3.42. The van der Waals surface area contributed by atoms with E-state index in [1.165, 1.54) is 5.57 Å². The van der Waals surface area contributed by atoms with Gasteiger partial charge in [-0.3, -0.25) is 0 Å². The van der Waals surface area contributed by atoms with Crippen LogP contribution in [-0.4, -0.2) is 22.9 Å². The molecule has 0 spiro atoms. The minimum absolute atomic E-state index is 0.0769. The Balaban J connectivity index is 2.26. The molecule has 0 saturated heterocycles. The first-order valence-electron chi connectivity index (χ1n) is 5.57. The third kappa shape index (κ3) is 1.24. The Kier molecular flexibility index (Phi) is 2.44. The molecule has 0 radical (unpaired) electrons. The highest BCUT2D eigenvalue weighted by Crippen LogP contribution is 2.56. The Morgan fingerprint density at radius 2 is 2.21 bits per heavy atom. The zero-order chi connectivity index (χ0) is 10.3. The molecule has 2 aliphatic carbocycles. The van der Waals surface area contributed by atoms with Crippen molar-refractivity contribution in [1.29, 1.82) is 0 Å². The van der Waals surface area contributed by atoms with E-state index < -0.39 is 0 Å². The van der Waals surface area contributed by atoms with Gasteiger partial charge in [0, 0.05) is 12.5 Å². The third-order valence-corrected chi connectivity index (χ3v) is 4.56. The van der Waals surface area contributed by atoms with Crippen molar-refractivity contribution in [3.63, 3.8) is 0 Å². The van der Waals surface area contributed by atoms with Gasteiger partial charge < -0.3 is 10.2 Å². The van der Waals surface area contributed by atoms with Crippen LogP contribution in [-0.2, 0) is 0 Å². The Labute approximate surface area is 85.6 Å². The van der Waals surface area contributed by atoms with Crippen LogP contribution in [0.3, 0.4) is 0 Å². The van der Waals surface area contributed by atoms with Gasteiger partial charge in [0.1, 0.15) is 0 Å². The smallest absolute Gasteiger partial charge is 0.0593 e. The topological polar surface area (TPSA) is 40.5 Å². The van der Waals surface area contributed by atoms with E-state index in [4.69, 9.17) is 0 Å². The summed E-state index contributed by atoms with van der Waals surface area (Å²) in [5, 5.41) is 19.1. The van der Waals surface area contributed by atoms with Crippen molar-refractivity contribution in [3.05, 3.63) is 12.2 Å². The molecule has 0 heterocycles. The summed E-state index contributed by atoms with van der Waals surface area (Å²) in [5.74, 6) is 0.525. The van der Waals surface area contributed by atoms with Crippen molar-refractivity contribution in [2.45, 2.75) is 38.7 Å². The van der Waals surface area contributed by atoms with E-state index in [0.717, 1.165) is 25.7 Å². The molecule has 0 aliphatic heterocycles. The normalized spacial score (nSPS) is 47.9. The molecule has 4 unspecified atom stereocenters. The summed E-state index contributed by atoms with van der Waals surface area (Å²) in [5.41, 5.74) is 1.51. The van der Waals surface area contributed by atoms with Crippen LogP contribution >= 0.6 is 0 Å². The summed E-state index contributed by atoms with van der Waals surface area (Å²) in [7, 11) is 0. The molecule has 0 aromatic carbocycles. The van der Waals surface area contributed by atoms with Gasteiger partial charge in [-0.05, 0) is 37.0 Å². The van der Waals surface area contributed by atoms with Gasteiger partial charge in [0.25, 0.3) is 0 Å². The average Bonchev–Trinajstić information content (AvgIpc) is 2.45. The monoisotopic (exact) mass is 196 g/mol. The highest BCUT2D eigenvalue weighted by atomic mass is 16.3. The number of rotatable bonds is 1. The van der Waals surface area contributed by atoms with Gasteiger partial charge in [0.15, 0.2) is 0 Å². The van der Waals surface area contributed by atoms with Gasteiger partial charge in [-0.25, -0.2) is 0 Å². The van der Waals surface area contributed by atoms with Crippen molar-refractivity contribution in [2.24, 2.45) is 17.3 Å². The van der Waals surface area contributed by atoms with Gasteiger partial charge in [0.05, 0.1) is 6.10 Å². The first-order valence-corrected chi connectivity index (χ1v) is 5.57. The number of allylic oxidation sites excluding steroid dienone is 1. The van der Waals surface area contributed by atoms with Crippen LogP contribution in [0.2, 0.25) is 0 Å². The number of hydrogen-bond acceptors (Lipinski definition) is 2. The first-order chi connectivity index (χ1) is 6.59. The lowest BCUT2D eigenvalue weighted by Gasteiger charge is -2.44. The molecule has 0 aromatic rings. The zero-order valence-corrected chi connectivity index (χ0v) is 8.87. The Morgan fingerprint density at radius 3 is 2.86 bits per heavy atom. The minimum atomic E-state index is -0.302. The van der Waals surface area contributed by atoms with Crippen LogP contribution in [0, 0.1) is 17.3 Å². The molecule has 0 bridgehead atoms. The van der Waals surface area contributed by atoms with E-state index in [2.05, 4.69) is 13.5 Å². The first kappa shape index (κ1) is 10.2. The number of hydrogen-bond donors (Lipinski definition) is 2. The van der Waals surface area contributed by atoms with Crippen LogP contribution in [0.15, 0.2) is 12.2 Å². The van der Waals surface area contributed by atoms with E-state index in [1.54, 1.807) is 0 Å². The molecule has 2 heteroatoms. The van der Waals surface area contributed by atoms with Crippen LogP contribution in [0.5, 0.6) is 0 Å². The van der Waals surface area contributed by atoms with Crippen molar-refractivity contribution >= 4 is 0 Å². The number of aliphatic hydroxyl groups excluding tert-OH is 2. The Morgan fingerprint density at radius 1 is 1.50 bits per heavy atom. The molecule has 2 saturated carbocycles. The Bertz CT molecular complexity index is 249. The van der Waals surface area contributed by atoms with E-state index in [0.29, 0.717) is 5.92 Å². The molecule has 2 nitrogen and oxygen atoms in total. The second kappa shape index (κ2) is 3.35. The lowest BCUT2D eigenvalue weighted by Crippen LogP contribution is -2.43. The lowest BCUT2D eigenvalue weighted by atomic mass is 9.62. The van der Waals surface area contributed by atoms with Gasteiger partial charge in [-0.1, -0.05) is 19.1 Å². The summed E-state index contributed by atoms with van der Waals surface area (Å²) in [6.45, 7) is 6.51. The van der Waals surface area contributed by atoms with Crippen LogP contribution in [0.1, 0.15) is 32.6 Å². The van der Waals surface area contributed by atoms with E-state index >= 15 is 0 Å². The molecule has 0 aromatic heterocycles. The molecule has 0 amide bonds. The van der Waals surface area contributed by atoms with Crippen LogP contribution < -0.4 is 0 Å². The second-order valence-corrected chi connectivity index (χ2v) is 5.12. The number of aliphatic hydroxyl groups is 2. The molecule has 80 valence electrons. The standard InChI is InChI=1S/C12H20O2/c1-8-3-4-10-9(7-13)11(14)5-6-12(8,10)2/h9-11,13-14H,1,3-7H2,2H3. The quantitative estimate of drug-likeness (QED) is 0.627. The third-order valence-electron chi connectivity index (χ3n) is 4.56. The predicted molar refractivity (Wildman–Crippen MR) is 55.8 cm³/mol. The maximum absolute atomic E-state index is 9.83. The van der Waals surface area contributed by atoms with Crippen molar-refractivity contribution in [1.82, 2.24) is 0 Å². The van der Waals surface area contributed by atoms with Gasteiger partial charge in [-0.2, -0.15) is 0 Å². The molecule has 2 aliphatic rings. The second-order valence-electron chi connectivity index (χ2n) is 5.12. The summed E-state index contributed by atoms with van der Waals surface area (Å²) < 4.78 is 0. The van der Waals surface area contributed by atoms with Crippen molar-refractivity contribution in [3.8, 4) is 0 Å². The summed E-state index contributed by atoms with van der Waals surface area (Å²) in [6, 6.07) is 0.